The Morgan fingerprint density at radius 1 is 1.23 bits per heavy atom. The van der Waals surface area contributed by atoms with Crippen LogP contribution in [0, 0.1) is 20.8 Å². The Kier molecular flexibility index (Phi) is 5.62. The van der Waals surface area contributed by atoms with E-state index >= 15 is 0 Å². The van der Waals surface area contributed by atoms with Crippen molar-refractivity contribution < 1.29 is 14.4 Å². The minimum atomic E-state index is -0.607. The van der Waals surface area contributed by atoms with Crippen molar-refractivity contribution in [1.29, 1.82) is 0 Å². The lowest BCUT2D eigenvalue weighted by Gasteiger charge is -2.24. The van der Waals surface area contributed by atoms with Crippen LogP contribution in [0.25, 0.3) is 0 Å². The van der Waals surface area contributed by atoms with Gasteiger partial charge in [0.2, 0.25) is 5.91 Å². The third kappa shape index (κ3) is 3.97. The van der Waals surface area contributed by atoms with E-state index < -0.39 is 6.10 Å². The van der Waals surface area contributed by atoms with Crippen molar-refractivity contribution in [3.8, 4) is 0 Å². The minimum absolute atomic E-state index is 0.0929. The second-order valence-electron chi connectivity index (χ2n) is 7.75. The number of β-amino-alcohol motifs (C(OH)–C–C–N with tert-alkyl or cyclic N) is 1. The number of hydrogen-bond donors (Lipinski definition) is 1. The molecule has 8 nitrogen and oxygen atoms in total. The zero-order valence-corrected chi connectivity index (χ0v) is 17.9. The largest absolute Gasteiger partial charge is 0.391 e. The lowest BCUT2D eigenvalue weighted by molar-refractivity contribution is -0.131. The summed E-state index contributed by atoms with van der Waals surface area (Å²) in [7, 11) is 0. The highest BCUT2D eigenvalue weighted by molar-refractivity contribution is 6.30. The third-order valence-electron chi connectivity index (χ3n) is 5.62. The SMILES string of the molecule is Cc1noc(C)c1CC(=O)N1C[C@@H](O)CC1c1nnc(C)n1Cc1ccc(Cl)cc1. The van der Waals surface area contributed by atoms with Crippen LogP contribution in [0.1, 0.15) is 46.7 Å². The van der Waals surface area contributed by atoms with Crippen LogP contribution in [0.5, 0.6) is 0 Å². The van der Waals surface area contributed by atoms with Gasteiger partial charge >= 0.3 is 0 Å². The first-order valence-electron chi connectivity index (χ1n) is 9.87. The number of likely N-dealkylation sites (tertiary alicyclic amines) is 1. The van der Waals surface area contributed by atoms with Crippen LogP contribution >= 0.6 is 11.6 Å². The second kappa shape index (κ2) is 8.20. The maximum Gasteiger partial charge on any atom is 0.227 e. The predicted octanol–water partition coefficient (Wildman–Crippen LogP) is 2.77. The van der Waals surface area contributed by atoms with E-state index in [1.54, 1.807) is 11.8 Å². The molecule has 1 N–H and O–H groups in total. The number of rotatable bonds is 5. The molecule has 1 aliphatic rings. The maximum absolute atomic E-state index is 13.1. The number of carbonyl (C=O) groups is 1. The number of aliphatic hydroxyl groups is 1. The second-order valence-corrected chi connectivity index (χ2v) is 8.19. The topological polar surface area (TPSA) is 97.3 Å². The lowest BCUT2D eigenvalue weighted by atomic mass is 10.1. The normalized spacial score (nSPS) is 18.9. The van der Waals surface area contributed by atoms with E-state index in [4.69, 9.17) is 16.1 Å². The van der Waals surface area contributed by atoms with Gasteiger partial charge in [-0.05, 0) is 38.5 Å². The fourth-order valence-electron chi connectivity index (χ4n) is 3.95. The lowest BCUT2D eigenvalue weighted by Crippen LogP contribution is -2.34. The highest BCUT2D eigenvalue weighted by Gasteiger charge is 2.38. The molecular weight excluding hydrogens is 406 g/mol. The van der Waals surface area contributed by atoms with Gasteiger partial charge in [-0.1, -0.05) is 28.9 Å². The maximum atomic E-state index is 13.1. The Hall–Kier alpha value is -2.71. The number of halogens is 1. The summed E-state index contributed by atoms with van der Waals surface area (Å²) in [5.74, 6) is 1.97. The molecule has 3 aromatic rings. The molecular formula is C21H24ClN5O3. The Morgan fingerprint density at radius 2 is 1.97 bits per heavy atom. The van der Waals surface area contributed by atoms with Gasteiger partial charge in [0.25, 0.3) is 0 Å². The van der Waals surface area contributed by atoms with E-state index in [1.807, 2.05) is 42.7 Å². The smallest absolute Gasteiger partial charge is 0.227 e. The van der Waals surface area contributed by atoms with Crippen molar-refractivity contribution in [1.82, 2.24) is 24.8 Å². The standard InChI is InChI=1S/C21H24ClN5O3/c1-12-18(13(2)30-25-12)9-20(29)27-11-17(28)8-19(27)21-24-23-14(3)26(21)10-15-4-6-16(22)7-5-15/h4-7,17,19,28H,8-11H2,1-3H3/t17-,19?/m0/s1. The molecule has 1 amide bonds. The van der Waals surface area contributed by atoms with Crippen molar-refractivity contribution in [2.45, 2.75) is 52.3 Å². The number of hydrogen-bond acceptors (Lipinski definition) is 6. The number of benzene rings is 1. The monoisotopic (exact) mass is 429 g/mol. The van der Waals surface area contributed by atoms with Crippen LogP contribution in [0.4, 0.5) is 0 Å². The number of nitrogens with zero attached hydrogens (tertiary/aromatic N) is 5. The fourth-order valence-corrected chi connectivity index (χ4v) is 4.08. The van der Waals surface area contributed by atoms with E-state index in [9.17, 15) is 9.90 Å². The minimum Gasteiger partial charge on any atom is -0.391 e. The molecule has 1 fully saturated rings. The van der Waals surface area contributed by atoms with Gasteiger partial charge in [-0.15, -0.1) is 10.2 Å². The summed E-state index contributed by atoms with van der Waals surface area (Å²) in [6.45, 7) is 6.32. The van der Waals surface area contributed by atoms with Crippen LogP contribution in [-0.2, 0) is 17.8 Å². The average molecular weight is 430 g/mol. The van der Waals surface area contributed by atoms with Crippen LogP contribution in [-0.4, -0.2) is 48.5 Å². The van der Waals surface area contributed by atoms with Gasteiger partial charge in [0, 0.05) is 23.6 Å². The van der Waals surface area contributed by atoms with Crippen molar-refractivity contribution in [3.05, 3.63) is 63.5 Å². The summed E-state index contributed by atoms with van der Waals surface area (Å²) in [4.78, 5) is 14.8. The Bertz CT molecular complexity index is 1040. The molecule has 1 saturated heterocycles. The summed E-state index contributed by atoms with van der Waals surface area (Å²) in [6, 6.07) is 7.25. The van der Waals surface area contributed by atoms with E-state index in [-0.39, 0.29) is 24.9 Å². The molecule has 2 aromatic heterocycles. The molecule has 2 atom stereocenters. The number of carbonyl (C=O) groups excluding carboxylic acids is 1. The summed E-state index contributed by atoms with van der Waals surface area (Å²) < 4.78 is 7.17. The summed E-state index contributed by atoms with van der Waals surface area (Å²) in [5.41, 5.74) is 2.55. The number of aliphatic hydroxyl groups excluding tert-OH is 1. The summed E-state index contributed by atoms with van der Waals surface area (Å²) in [6.07, 6.45) is -0.00885. The van der Waals surface area contributed by atoms with Crippen LogP contribution in [0.2, 0.25) is 5.02 Å². The van der Waals surface area contributed by atoms with Gasteiger partial charge in [0.05, 0.1) is 30.8 Å². The quantitative estimate of drug-likeness (QED) is 0.669. The predicted molar refractivity (Wildman–Crippen MR) is 110 cm³/mol. The Morgan fingerprint density at radius 3 is 2.63 bits per heavy atom. The van der Waals surface area contributed by atoms with Gasteiger partial charge in [-0.3, -0.25) is 4.79 Å². The van der Waals surface area contributed by atoms with Gasteiger partial charge in [-0.2, -0.15) is 0 Å². The summed E-state index contributed by atoms with van der Waals surface area (Å²) in [5, 5.41) is 23.5. The molecule has 158 valence electrons. The molecule has 0 spiro atoms. The van der Waals surface area contributed by atoms with Crippen LogP contribution in [0.3, 0.4) is 0 Å². The van der Waals surface area contributed by atoms with Crippen LogP contribution in [0.15, 0.2) is 28.8 Å². The van der Waals surface area contributed by atoms with Crippen molar-refractivity contribution in [2.75, 3.05) is 6.54 Å². The Balaban J connectivity index is 1.60. The molecule has 1 aromatic carbocycles. The number of aryl methyl sites for hydroxylation is 3. The highest BCUT2D eigenvalue weighted by Crippen LogP contribution is 2.33. The molecule has 0 radical (unpaired) electrons. The van der Waals surface area contributed by atoms with E-state index in [1.165, 1.54) is 0 Å². The number of aromatic nitrogens is 4. The van der Waals surface area contributed by atoms with Crippen molar-refractivity contribution >= 4 is 17.5 Å². The van der Waals surface area contributed by atoms with Crippen molar-refractivity contribution in [2.24, 2.45) is 0 Å². The zero-order chi connectivity index (χ0) is 21.4. The fraction of sp³-hybridized carbons (Fsp3) is 0.429. The van der Waals surface area contributed by atoms with Crippen molar-refractivity contribution in [3.63, 3.8) is 0 Å². The molecule has 1 aliphatic heterocycles. The molecule has 3 heterocycles. The summed E-state index contributed by atoms with van der Waals surface area (Å²) >= 11 is 6.00. The zero-order valence-electron chi connectivity index (χ0n) is 17.2. The average Bonchev–Trinajstić information content (AvgIpc) is 3.37. The third-order valence-corrected chi connectivity index (χ3v) is 5.88. The molecule has 9 heteroatoms. The molecule has 0 saturated carbocycles. The highest BCUT2D eigenvalue weighted by atomic mass is 35.5. The number of amides is 1. The van der Waals surface area contributed by atoms with E-state index in [2.05, 4.69) is 15.4 Å². The molecule has 30 heavy (non-hydrogen) atoms. The van der Waals surface area contributed by atoms with Gasteiger partial charge in [0.15, 0.2) is 5.82 Å². The van der Waals surface area contributed by atoms with E-state index in [0.29, 0.717) is 35.3 Å². The van der Waals surface area contributed by atoms with Gasteiger partial charge in [0.1, 0.15) is 11.6 Å². The first kappa shape index (κ1) is 20.6. The van der Waals surface area contributed by atoms with E-state index in [0.717, 1.165) is 17.0 Å². The van der Waals surface area contributed by atoms with Gasteiger partial charge in [-0.25, -0.2) is 0 Å². The molecule has 0 bridgehead atoms. The van der Waals surface area contributed by atoms with Gasteiger partial charge < -0.3 is 19.1 Å². The van der Waals surface area contributed by atoms with Crippen LogP contribution < -0.4 is 0 Å². The molecule has 0 aliphatic carbocycles. The first-order chi connectivity index (χ1) is 14.3. The Labute approximate surface area is 179 Å². The molecule has 4 rings (SSSR count). The first-order valence-corrected chi connectivity index (χ1v) is 10.2. The molecule has 1 unspecified atom stereocenters.